The van der Waals surface area contributed by atoms with E-state index in [9.17, 15) is 0 Å². The van der Waals surface area contributed by atoms with Gasteiger partial charge in [-0.3, -0.25) is 0 Å². The molecule has 0 aliphatic carbocycles. The maximum absolute atomic E-state index is 5.34. The number of hydrogen-bond donors (Lipinski definition) is 1. The third-order valence-electron chi connectivity index (χ3n) is 2.49. The first-order valence-corrected chi connectivity index (χ1v) is 5.62. The lowest BCUT2D eigenvalue weighted by Gasteiger charge is -2.09. The summed E-state index contributed by atoms with van der Waals surface area (Å²) in [4.78, 5) is 0. The van der Waals surface area contributed by atoms with E-state index in [2.05, 4.69) is 37.4 Å². The van der Waals surface area contributed by atoms with E-state index in [1.165, 1.54) is 11.1 Å². The lowest BCUT2D eigenvalue weighted by atomic mass is 10.1. The van der Waals surface area contributed by atoms with Crippen molar-refractivity contribution in [2.24, 2.45) is 0 Å². The highest BCUT2D eigenvalue weighted by Gasteiger charge is 2.02. The van der Waals surface area contributed by atoms with E-state index < -0.39 is 0 Å². The summed E-state index contributed by atoms with van der Waals surface area (Å²) in [6.07, 6.45) is 2.24. The van der Waals surface area contributed by atoms with Crippen LogP contribution in [-0.2, 0) is 6.42 Å². The predicted octanol–water partition coefficient (Wildman–Crippen LogP) is 2.55. The molecular weight excluding hydrogens is 186 g/mol. The van der Waals surface area contributed by atoms with Gasteiger partial charge in [-0.1, -0.05) is 24.6 Å². The molecule has 0 unspecified atom stereocenters. The molecule has 0 aliphatic heterocycles. The Morgan fingerprint density at radius 1 is 1.33 bits per heavy atom. The summed E-state index contributed by atoms with van der Waals surface area (Å²) in [6, 6.07) is 6.36. The van der Waals surface area contributed by atoms with Gasteiger partial charge in [0.2, 0.25) is 0 Å². The summed E-state index contributed by atoms with van der Waals surface area (Å²) in [5.41, 5.74) is 2.62. The second-order valence-electron chi connectivity index (χ2n) is 3.77. The highest BCUT2D eigenvalue weighted by Crippen LogP contribution is 2.20. The monoisotopic (exact) mass is 207 g/mol. The zero-order chi connectivity index (χ0) is 11.1. The van der Waals surface area contributed by atoms with Crippen molar-refractivity contribution in [2.45, 2.75) is 26.7 Å². The second kappa shape index (κ2) is 6.46. The van der Waals surface area contributed by atoms with Gasteiger partial charge in [-0.2, -0.15) is 0 Å². The van der Waals surface area contributed by atoms with Gasteiger partial charge in [-0.05, 0) is 44.5 Å². The van der Waals surface area contributed by atoms with Crippen LogP contribution >= 0.6 is 0 Å². The molecule has 0 saturated heterocycles. The summed E-state index contributed by atoms with van der Waals surface area (Å²) < 4.78 is 5.34. The van der Waals surface area contributed by atoms with Crippen molar-refractivity contribution in [3.63, 3.8) is 0 Å². The molecule has 0 radical (unpaired) electrons. The van der Waals surface area contributed by atoms with Crippen molar-refractivity contribution in [1.82, 2.24) is 5.32 Å². The molecule has 0 amide bonds. The number of ether oxygens (including phenoxy) is 1. The van der Waals surface area contributed by atoms with Gasteiger partial charge in [0.25, 0.3) is 0 Å². The molecule has 15 heavy (non-hydrogen) atoms. The maximum Gasteiger partial charge on any atom is 0.122 e. The summed E-state index contributed by atoms with van der Waals surface area (Å²) in [7, 11) is 1.73. The number of methoxy groups -OCH3 is 1. The average Bonchev–Trinajstić information content (AvgIpc) is 2.25. The summed E-state index contributed by atoms with van der Waals surface area (Å²) >= 11 is 0. The van der Waals surface area contributed by atoms with E-state index in [-0.39, 0.29) is 0 Å². The van der Waals surface area contributed by atoms with Crippen LogP contribution in [0.3, 0.4) is 0 Å². The molecule has 2 heteroatoms. The summed E-state index contributed by atoms with van der Waals surface area (Å²) in [5.74, 6) is 1.01. The Labute approximate surface area is 92.6 Å². The zero-order valence-corrected chi connectivity index (χ0v) is 9.97. The Balaban J connectivity index is 2.54. The van der Waals surface area contributed by atoms with E-state index >= 15 is 0 Å². The van der Waals surface area contributed by atoms with E-state index in [0.29, 0.717) is 0 Å². The number of hydrogen-bond acceptors (Lipinski definition) is 2. The van der Waals surface area contributed by atoms with Crippen molar-refractivity contribution in [2.75, 3.05) is 20.2 Å². The van der Waals surface area contributed by atoms with Gasteiger partial charge in [-0.15, -0.1) is 0 Å². The SMILES string of the molecule is CCNCCCc1cc(C)ccc1OC. The lowest BCUT2D eigenvalue weighted by molar-refractivity contribution is 0.409. The minimum atomic E-state index is 1.01. The van der Waals surface area contributed by atoms with Crippen LogP contribution in [0.4, 0.5) is 0 Å². The first-order chi connectivity index (χ1) is 7.27. The van der Waals surface area contributed by atoms with E-state index in [1.807, 2.05) is 0 Å². The Morgan fingerprint density at radius 2 is 2.13 bits per heavy atom. The molecule has 0 atom stereocenters. The quantitative estimate of drug-likeness (QED) is 0.724. The number of aryl methyl sites for hydroxylation is 2. The third kappa shape index (κ3) is 3.92. The Kier molecular flexibility index (Phi) is 5.19. The minimum Gasteiger partial charge on any atom is -0.496 e. The third-order valence-corrected chi connectivity index (χ3v) is 2.49. The fourth-order valence-electron chi connectivity index (χ4n) is 1.68. The molecule has 84 valence electrons. The Hall–Kier alpha value is -1.02. The predicted molar refractivity (Wildman–Crippen MR) is 64.6 cm³/mol. The molecule has 1 aromatic carbocycles. The van der Waals surface area contributed by atoms with Gasteiger partial charge in [0.15, 0.2) is 0 Å². The van der Waals surface area contributed by atoms with E-state index in [1.54, 1.807) is 7.11 Å². The number of benzene rings is 1. The van der Waals surface area contributed by atoms with Gasteiger partial charge in [0.05, 0.1) is 7.11 Å². The van der Waals surface area contributed by atoms with Gasteiger partial charge < -0.3 is 10.1 Å². The average molecular weight is 207 g/mol. The van der Waals surface area contributed by atoms with E-state index in [4.69, 9.17) is 4.74 Å². The smallest absolute Gasteiger partial charge is 0.122 e. The molecule has 0 aromatic heterocycles. The molecule has 1 N–H and O–H groups in total. The second-order valence-corrected chi connectivity index (χ2v) is 3.77. The largest absolute Gasteiger partial charge is 0.496 e. The van der Waals surface area contributed by atoms with Gasteiger partial charge in [-0.25, -0.2) is 0 Å². The molecule has 1 aromatic rings. The highest BCUT2D eigenvalue weighted by molar-refractivity contribution is 5.36. The molecular formula is C13H21NO. The zero-order valence-electron chi connectivity index (χ0n) is 9.97. The van der Waals surface area contributed by atoms with Crippen molar-refractivity contribution in [3.8, 4) is 5.75 Å². The fourth-order valence-corrected chi connectivity index (χ4v) is 1.68. The first kappa shape index (κ1) is 12.1. The van der Waals surface area contributed by atoms with Crippen LogP contribution in [0.25, 0.3) is 0 Å². The number of nitrogens with one attached hydrogen (secondary N) is 1. The fraction of sp³-hybridized carbons (Fsp3) is 0.538. The van der Waals surface area contributed by atoms with Crippen LogP contribution in [0.1, 0.15) is 24.5 Å². The van der Waals surface area contributed by atoms with Gasteiger partial charge >= 0.3 is 0 Å². The summed E-state index contributed by atoms with van der Waals surface area (Å²) in [6.45, 7) is 6.37. The van der Waals surface area contributed by atoms with Crippen molar-refractivity contribution >= 4 is 0 Å². The Morgan fingerprint density at radius 3 is 2.80 bits per heavy atom. The normalized spacial score (nSPS) is 10.3. The molecule has 0 heterocycles. The molecule has 0 aliphatic rings. The number of rotatable bonds is 6. The molecule has 0 saturated carbocycles. The highest BCUT2D eigenvalue weighted by atomic mass is 16.5. The van der Waals surface area contributed by atoms with Gasteiger partial charge in [0.1, 0.15) is 5.75 Å². The molecule has 0 bridgehead atoms. The van der Waals surface area contributed by atoms with Gasteiger partial charge in [0, 0.05) is 0 Å². The lowest BCUT2D eigenvalue weighted by Crippen LogP contribution is -2.14. The maximum atomic E-state index is 5.34. The topological polar surface area (TPSA) is 21.3 Å². The standard InChI is InChI=1S/C13H21NO/c1-4-14-9-5-6-12-10-11(2)7-8-13(12)15-3/h7-8,10,14H,4-6,9H2,1-3H3. The van der Waals surface area contributed by atoms with E-state index in [0.717, 1.165) is 31.7 Å². The van der Waals surface area contributed by atoms with Crippen LogP contribution in [-0.4, -0.2) is 20.2 Å². The van der Waals surface area contributed by atoms with Crippen molar-refractivity contribution < 1.29 is 4.74 Å². The summed E-state index contributed by atoms with van der Waals surface area (Å²) in [5, 5.41) is 3.33. The molecule has 1 rings (SSSR count). The first-order valence-electron chi connectivity index (χ1n) is 5.62. The minimum absolute atomic E-state index is 1.01. The Bertz CT molecular complexity index is 297. The molecule has 0 spiro atoms. The van der Waals surface area contributed by atoms with Crippen LogP contribution in [0, 0.1) is 6.92 Å². The van der Waals surface area contributed by atoms with Crippen LogP contribution in [0.5, 0.6) is 5.75 Å². The van der Waals surface area contributed by atoms with Crippen LogP contribution in [0.2, 0.25) is 0 Å². The van der Waals surface area contributed by atoms with Crippen molar-refractivity contribution in [3.05, 3.63) is 29.3 Å². The van der Waals surface area contributed by atoms with Crippen molar-refractivity contribution in [1.29, 1.82) is 0 Å². The van der Waals surface area contributed by atoms with Crippen LogP contribution < -0.4 is 10.1 Å². The van der Waals surface area contributed by atoms with Crippen LogP contribution in [0.15, 0.2) is 18.2 Å². The molecule has 0 fully saturated rings. The molecule has 2 nitrogen and oxygen atoms in total.